The van der Waals surface area contributed by atoms with E-state index in [9.17, 15) is 5.11 Å². The van der Waals surface area contributed by atoms with Crippen LogP contribution in [0.1, 0.15) is 31.2 Å². The Morgan fingerprint density at radius 3 is 2.70 bits per heavy atom. The predicted molar refractivity (Wildman–Crippen MR) is 80.7 cm³/mol. The summed E-state index contributed by atoms with van der Waals surface area (Å²) in [6.07, 6.45) is 3.70. The lowest BCUT2D eigenvalue weighted by Gasteiger charge is -2.31. The number of benzene rings is 1. The Morgan fingerprint density at radius 2 is 2.10 bits per heavy atom. The number of anilines is 1. The van der Waals surface area contributed by atoms with Gasteiger partial charge in [0.2, 0.25) is 0 Å². The quantitative estimate of drug-likeness (QED) is 0.344. The van der Waals surface area contributed by atoms with Gasteiger partial charge in [0, 0.05) is 29.9 Å². The average molecular weight is 298 g/mol. The van der Waals surface area contributed by atoms with Gasteiger partial charge in [-0.15, -0.1) is 0 Å². The maximum Gasteiger partial charge on any atom is 0.172 e. The van der Waals surface area contributed by atoms with Crippen LogP contribution in [0.25, 0.3) is 0 Å². The lowest BCUT2D eigenvalue weighted by Crippen LogP contribution is -2.40. The van der Waals surface area contributed by atoms with Gasteiger partial charge in [-0.1, -0.05) is 29.6 Å². The zero-order chi connectivity index (χ0) is 14.8. The van der Waals surface area contributed by atoms with E-state index in [-0.39, 0.29) is 5.84 Å². The van der Waals surface area contributed by atoms with Crippen LogP contribution in [-0.4, -0.2) is 35.3 Å². The Hall–Kier alpha value is -1.46. The van der Waals surface area contributed by atoms with Crippen molar-refractivity contribution in [3.05, 3.63) is 28.8 Å². The molecule has 6 heteroatoms. The molecule has 5 nitrogen and oxygen atoms in total. The number of hydrogen-bond donors (Lipinski definition) is 3. The molecular formula is C14H20ClN3O2. The highest BCUT2D eigenvalue weighted by Crippen LogP contribution is 2.32. The standard InChI is InChI=1S/C14H20ClN3O2/c1-18(9-14(19)6-2-3-7-14)12-8-10(15)4-5-11(12)13(16)17-20/h4-5,8,19-20H,2-3,6-7,9H2,1H3,(H2,16,17). The van der Waals surface area contributed by atoms with Crippen molar-refractivity contribution in [2.75, 3.05) is 18.5 Å². The fourth-order valence-corrected chi connectivity index (χ4v) is 2.98. The molecule has 1 fully saturated rings. The van der Waals surface area contributed by atoms with E-state index in [4.69, 9.17) is 22.5 Å². The van der Waals surface area contributed by atoms with Gasteiger partial charge >= 0.3 is 0 Å². The summed E-state index contributed by atoms with van der Waals surface area (Å²) in [7, 11) is 1.87. The van der Waals surface area contributed by atoms with E-state index in [1.165, 1.54) is 0 Å². The van der Waals surface area contributed by atoms with Crippen molar-refractivity contribution >= 4 is 23.1 Å². The van der Waals surface area contributed by atoms with Crippen LogP contribution in [0.15, 0.2) is 23.4 Å². The number of likely N-dealkylation sites (N-methyl/N-ethyl adjacent to an activating group) is 1. The van der Waals surface area contributed by atoms with Crippen LogP contribution in [0.4, 0.5) is 5.69 Å². The molecule has 0 saturated heterocycles. The molecule has 1 aliphatic carbocycles. The van der Waals surface area contributed by atoms with Crippen molar-refractivity contribution in [2.45, 2.75) is 31.3 Å². The number of aliphatic hydroxyl groups is 1. The van der Waals surface area contributed by atoms with E-state index in [1.54, 1.807) is 18.2 Å². The maximum atomic E-state index is 10.5. The van der Waals surface area contributed by atoms with Crippen LogP contribution in [0.3, 0.4) is 0 Å². The zero-order valence-corrected chi connectivity index (χ0v) is 12.3. The zero-order valence-electron chi connectivity index (χ0n) is 11.5. The van der Waals surface area contributed by atoms with Gasteiger partial charge in [-0.05, 0) is 31.0 Å². The molecular weight excluding hydrogens is 278 g/mol. The smallest absolute Gasteiger partial charge is 0.172 e. The molecule has 20 heavy (non-hydrogen) atoms. The Labute approximate surface area is 123 Å². The number of hydrogen-bond acceptors (Lipinski definition) is 4. The Kier molecular flexibility index (Phi) is 4.40. The number of amidine groups is 1. The molecule has 0 amide bonds. The molecule has 0 spiro atoms. The number of rotatable bonds is 4. The molecule has 0 aromatic heterocycles. The van der Waals surface area contributed by atoms with E-state index in [2.05, 4.69) is 5.16 Å². The third-order valence-corrected chi connectivity index (χ3v) is 4.06. The third-order valence-electron chi connectivity index (χ3n) is 3.82. The predicted octanol–water partition coefficient (Wildman–Crippen LogP) is 2.18. The van der Waals surface area contributed by atoms with Crippen molar-refractivity contribution in [1.29, 1.82) is 0 Å². The van der Waals surface area contributed by atoms with Gasteiger partial charge < -0.3 is 20.9 Å². The first-order chi connectivity index (χ1) is 9.45. The minimum atomic E-state index is -0.667. The Balaban J connectivity index is 2.28. The molecule has 1 saturated carbocycles. The first-order valence-electron chi connectivity index (χ1n) is 6.66. The molecule has 0 atom stereocenters. The second-order valence-electron chi connectivity index (χ2n) is 5.43. The second kappa shape index (κ2) is 5.89. The van der Waals surface area contributed by atoms with Crippen molar-refractivity contribution in [3.63, 3.8) is 0 Å². The lowest BCUT2D eigenvalue weighted by molar-refractivity contribution is 0.0559. The normalized spacial score (nSPS) is 18.2. The van der Waals surface area contributed by atoms with Gasteiger partial charge in [0.1, 0.15) is 0 Å². The molecule has 0 heterocycles. The number of oxime groups is 1. The fourth-order valence-electron chi connectivity index (χ4n) is 2.81. The topological polar surface area (TPSA) is 82.1 Å². The summed E-state index contributed by atoms with van der Waals surface area (Å²) in [6.45, 7) is 0.499. The average Bonchev–Trinajstić information content (AvgIpc) is 2.84. The number of halogens is 1. The molecule has 2 rings (SSSR count). The summed E-state index contributed by atoms with van der Waals surface area (Å²) < 4.78 is 0. The van der Waals surface area contributed by atoms with Crippen LogP contribution in [0, 0.1) is 0 Å². The first kappa shape index (κ1) is 14.9. The minimum absolute atomic E-state index is 0.0296. The fraction of sp³-hybridized carbons (Fsp3) is 0.500. The summed E-state index contributed by atoms with van der Waals surface area (Å²) in [4.78, 5) is 1.91. The Morgan fingerprint density at radius 1 is 1.45 bits per heavy atom. The van der Waals surface area contributed by atoms with E-state index < -0.39 is 5.60 Å². The molecule has 1 aliphatic rings. The molecule has 4 N–H and O–H groups in total. The largest absolute Gasteiger partial charge is 0.409 e. The van der Waals surface area contributed by atoms with Crippen LogP contribution < -0.4 is 10.6 Å². The Bertz CT molecular complexity index is 513. The molecule has 1 aromatic carbocycles. The minimum Gasteiger partial charge on any atom is -0.409 e. The SMILES string of the molecule is CN(CC1(O)CCCC1)c1cc(Cl)ccc1/C(N)=N/O. The van der Waals surface area contributed by atoms with E-state index in [0.29, 0.717) is 17.1 Å². The van der Waals surface area contributed by atoms with Crippen LogP contribution in [0.2, 0.25) is 5.02 Å². The van der Waals surface area contributed by atoms with Crippen molar-refractivity contribution in [3.8, 4) is 0 Å². The third kappa shape index (κ3) is 3.16. The summed E-state index contributed by atoms with van der Waals surface area (Å²) >= 11 is 6.03. The molecule has 0 radical (unpaired) electrons. The number of nitrogens with two attached hydrogens (primary N) is 1. The summed E-state index contributed by atoms with van der Waals surface area (Å²) in [5.41, 5.74) is 6.37. The highest BCUT2D eigenvalue weighted by atomic mass is 35.5. The molecule has 1 aromatic rings. The molecule has 0 aliphatic heterocycles. The van der Waals surface area contributed by atoms with E-state index >= 15 is 0 Å². The summed E-state index contributed by atoms with van der Waals surface area (Å²) in [5, 5.41) is 23.0. The van der Waals surface area contributed by atoms with E-state index in [0.717, 1.165) is 31.4 Å². The second-order valence-corrected chi connectivity index (χ2v) is 5.87. The summed E-state index contributed by atoms with van der Waals surface area (Å²) in [6, 6.07) is 5.16. The molecule has 0 unspecified atom stereocenters. The van der Waals surface area contributed by atoms with Gasteiger partial charge in [0.25, 0.3) is 0 Å². The molecule has 110 valence electrons. The summed E-state index contributed by atoms with van der Waals surface area (Å²) in [5.74, 6) is 0.0296. The van der Waals surface area contributed by atoms with Gasteiger partial charge in [-0.2, -0.15) is 0 Å². The van der Waals surface area contributed by atoms with Crippen LogP contribution >= 0.6 is 11.6 Å². The van der Waals surface area contributed by atoms with Crippen LogP contribution in [0.5, 0.6) is 0 Å². The van der Waals surface area contributed by atoms with Crippen molar-refractivity contribution in [1.82, 2.24) is 0 Å². The van der Waals surface area contributed by atoms with Gasteiger partial charge in [-0.3, -0.25) is 0 Å². The first-order valence-corrected chi connectivity index (χ1v) is 7.04. The van der Waals surface area contributed by atoms with Crippen LogP contribution in [-0.2, 0) is 0 Å². The highest BCUT2D eigenvalue weighted by Gasteiger charge is 2.32. The van der Waals surface area contributed by atoms with Crippen molar-refractivity contribution < 1.29 is 10.3 Å². The highest BCUT2D eigenvalue weighted by molar-refractivity contribution is 6.31. The van der Waals surface area contributed by atoms with Gasteiger partial charge in [-0.25, -0.2) is 0 Å². The van der Waals surface area contributed by atoms with Crippen molar-refractivity contribution in [2.24, 2.45) is 10.9 Å². The van der Waals surface area contributed by atoms with Gasteiger partial charge in [0.05, 0.1) is 5.60 Å². The van der Waals surface area contributed by atoms with E-state index in [1.807, 2.05) is 11.9 Å². The maximum absolute atomic E-state index is 10.5. The van der Waals surface area contributed by atoms with Gasteiger partial charge in [0.15, 0.2) is 5.84 Å². The monoisotopic (exact) mass is 297 g/mol. The molecule has 0 bridgehead atoms. The number of nitrogens with zero attached hydrogens (tertiary/aromatic N) is 2. The lowest BCUT2D eigenvalue weighted by atomic mass is 10.0.